The number of nitrogens with one attached hydrogen (secondary N) is 1. The zero-order chi connectivity index (χ0) is 14.9. The molecule has 2 fully saturated rings. The normalized spacial score (nSPS) is 27.1. The van der Waals surface area contributed by atoms with Crippen LogP contribution in [0.15, 0.2) is 12.3 Å². The van der Waals surface area contributed by atoms with Crippen LogP contribution in [0.5, 0.6) is 0 Å². The van der Waals surface area contributed by atoms with E-state index in [1.54, 1.807) is 4.90 Å². The van der Waals surface area contributed by atoms with Crippen LogP contribution < -0.4 is 10.2 Å². The van der Waals surface area contributed by atoms with E-state index in [4.69, 9.17) is 4.74 Å². The van der Waals surface area contributed by atoms with Crippen molar-refractivity contribution in [2.75, 3.05) is 31.3 Å². The summed E-state index contributed by atoms with van der Waals surface area (Å²) in [6.07, 6.45) is -0.654. The first-order chi connectivity index (χ1) is 9.99. The van der Waals surface area contributed by atoms with Crippen LogP contribution in [0.3, 0.4) is 0 Å². The summed E-state index contributed by atoms with van der Waals surface area (Å²) in [7, 11) is 0. The van der Waals surface area contributed by atoms with Gasteiger partial charge in [-0.1, -0.05) is 0 Å². The number of piperidine rings is 1. The molecule has 0 aromatic carbocycles. The Labute approximate surface area is 120 Å². The molecule has 2 aliphatic heterocycles. The van der Waals surface area contributed by atoms with Gasteiger partial charge in [-0.2, -0.15) is 13.2 Å². The molecule has 21 heavy (non-hydrogen) atoms. The maximum atomic E-state index is 12.7. The van der Waals surface area contributed by atoms with Gasteiger partial charge in [-0.3, -0.25) is 5.32 Å². The summed E-state index contributed by atoms with van der Waals surface area (Å²) in [6.45, 7) is 2.53. The number of aromatic nitrogens is 2. The van der Waals surface area contributed by atoms with E-state index in [-0.39, 0.29) is 11.5 Å². The molecular formula is C13H17F3N4O. The predicted molar refractivity (Wildman–Crippen MR) is 69.8 cm³/mol. The van der Waals surface area contributed by atoms with Crippen LogP contribution in [0.2, 0.25) is 0 Å². The zero-order valence-corrected chi connectivity index (χ0v) is 11.5. The van der Waals surface area contributed by atoms with Crippen molar-refractivity contribution in [3.8, 4) is 0 Å². The minimum atomic E-state index is -4.45. The van der Waals surface area contributed by atoms with Gasteiger partial charge in [-0.15, -0.1) is 0 Å². The van der Waals surface area contributed by atoms with Crippen LogP contribution in [0.4, 0.5) is 19.1 Å². The third-order valence-corrected chi connectivity index (χ3v) is 3.99. The molecular weight excluding hydrogens is 285 g/mol. The van der Waals surface area contributed by atoms with Crippen LogP contribution in [0, 0.1) is 0 Å². The molecule has 2 aliphatic rings. The Balaban J connectivity index is 1.80. The van der Waals surface area contributed by atoms with E-state index < -0.39 is 11.9 Å². The molecule has 0 radical (unpaired) electrons. The maximum absolute atomic E-state index is 12.7. The minimum absolute atomic E-state index is 0.131. The van der Waals surface area contributed by atoms with Crippen LogP contribution in [0.1, 0.15) is 25.0 Å². The molecule has 5 nitrogen and oxygen atoms in total. The standard InChI is InChI=1S/C13H17F3N4O/c14-13(15,16)10-2-5-18-11(19-10)20-7-1-3-12(8-20)4-6-17-9-21-12/h2,5,17H,1,3-4,6-9H2. The molecule has 0 bridgehead atoms. The summed E-state index contributed by atoms with van der Waals surface area (Å²) >= 11 is 0. The lowest BCUT2D eigenvalue weighted by Gasteiger charge is -2.44. The molecule has 0 saturated carbocycles. The van der Waals surface area contributed by atoms with E-state index in [2.05, 4.69) is 15.3 Å². The van der Waals surface area contributed by atoms with Crippen molar-refractivity contribution >= 4 is 5.95 Å². The molecule has 116 valence electrons. The topological polar surface area (TPSA) is 50.3 Å². The van der Waals surface area contributed by atoms with Crippen molar-refractivity contribution in [3.05, 3.63) is 18.0 Å². The Morgan fingerprint density at radius 3 is 2.90 bits per heavy atom. The molecule has 0 aliphatic carbocycles. The number of anilines is 1. The maximum Gasteiger partial charge on any atom is 0.433 e. The average Bonchev–Trinajstić information content (AvgIpc) is 2.47. The highest BCUT2D eigenvalue weighted by atomic mass is 19.4. The molecule has 1 aromatic rings. The lowest BCUT2D eigenvalue weighted by atomic mass is 9.88. The predicted octanol–water partition coefficient (Wildman–Crippen LogP) is 1.80. The Bertz CT molecular complexity index is 497. The molecule has 1 spiro atoms. The second-order valence-corrected chi connectivity index (χ2v) is 5.49. The number of halogens is 3. The first-order valence-corrected chi connectivity index (χ1v) is 6.98. The summed E-state index contributed by atoms with van der Waals surface area (Å²) in [6, 6.07) is 0.893. The third-order valence-electron chi connectivity index (χ3n) is 3.99. The first-order valence-electron chi connectivity index (χ1n) is 6.98. The van der Waals surface area contributed by atoms with Gasteiger partial charge in [0.1, 0.15) is 5.69 Å². The highest BCUT2D eigenvalue weighted by molar-refractivity contribution is 5.33. The Kier molecular flexibility index (Phi) is 3.75. The van der Waals surface area contributed by atoms with Gasteiger partial charge >= 0.3 is 6.18 Å². The van der Waals surface area contributed by atoms with E-state index in [1.165, 1.54) is 0 Å². The Hall–Kier alpha value is -1.41. The van der Waals surface area contributed by atoms with Crippen molar-refractivity contribution in [3.63, 3.8) is 0 Å². The number of hydrogen-bond acceptors (Lipinski definition) is 5. The zero-order valence-electron chi connectivity index (χ0n) is 11.5. The van der Waals surface area contributed by atoms with Crippen molar-refractivity contribution in [2.24, 2.45) is 0 Å². The van der Waals surface area contributed by atoms with Crippen LogP contribution >= 0.6 is 0 Å². The van der Waals surface area contributed by atoms with E-state index in [0.29, 0.717) is 19.8 Å². The van der Waals surface area contributed by atoms with E-state index in [9.17, 15) is 13.2 Å². The molecule has 1 N–H and O–H groups in total. The fraction of sp³-hybridized carbons (Fsp3) is 0.692. The summed E-state index contributed by atoms with van der Waals surface area (Å²) in [5.74, 6) is 0.131. The summed E-state index contributed by atoms with van der Waals surface area (Å²) in [5, 5.41) is 3.12. The van der Waals surface area contributed by atoms with Crippen molar-refractivity contribution < 1.29 is 17.9 Å². The number of ether oxygens (including phenoxy) is 1. The summed E-state index contributed by atoms with van der Waals surface area (Å²) in [4.78, 5) is 9.46. The van der Waals surface area contributed by atoms with Crippen LogP contribution in [-0.2, 0) is 10.9 Å². The van der Waals surface area contributed by atoms with Gasteiger partial charge in [0.25, 0.3) is 0 Å². The monoisotopic (exact) mass is 302 g/mol. The first kappa shape index (κ1) is 14.5. The summed E-state index contributed by atoms with van der Waals surface area (Å²) < 4.78 is 44.0. The highest BCUT2D eigenvalue weighted by Crippen LogP contribution is 2.33. The molecule has 3 rings (SSSR count). The molecule has 2 saturated heterocycles. The number of nitrogens with zero attached hydrogens (tertiary/aromatic N) is 3. The SMILES string of the molecule is FC(F)(F)c1ccnc(N2CCCC3(CCNCO3)C2)n1. The van der Waals surface area contributed by atoms with Gasteiger partial charge in [0.15, 0.2) is 0 Å². The van der Waals surface area contributed by atoms with Gasteiger partial charge in [-0.05, 0) is 25.3 Å². The average molecular weight is 302 g/mol. The summed E-state index contributed by atoms with van der Waals surface area (Å²) in [5.41, 5.74) is -1.19. The lowest BCUT2D eigenvalue weighted by molar-refractivity contribution is -0.141. The highest BCUT2D eigenvalue weighted by Gasteiger charge is 2.39. The quantitative estimate of drug-likeness (QED) is 0.857. The van der Waals surface area contributed by atoms with Gasteiger partial charge in [0, 0.05) is 25.8 Å². The van der Waals surface area contributed by atoms with Crippen LogP contribution in [-0.4, -0.2) is 41.9 Å². The molecule has 1 atom stereocenters. The molecule has 3 heterocycles. The number of hydrogen-bond donors (Lipinski definition) is 1. The molecule has 8 heteroatoms. The molecule has 1 unspecified atom stereocenters. The van der Waals surface area contributed by atoms with Gasteiger partial charge in [0.2, 0.25) is 5.95 Å². The van der Waals surface area contributed by atoms with E-state index in [0.717, 1.165) is 38.1 Å². The van der Waals surface area contributed by atoms with Crippen molar-refractivity contribution in [1.82, 2.24) is 15.3 Å². The van der Waals surface area contributed by atoms with E-state index >= 15 is 0 Å². The smallest absolute Gasteiger partial charge is 0.358 e. The van der Waals surface area contributed by atoms with Crippen molar-refractivity contribution in [2.45, 2.75) is 31.0 Å². The fourth-order valence-corrected chi connectivity index (χ4v) is 2.91. The fourth-order valence-electron chi connectivity index (χ4n) is 2.91. The lowest BCUT2D eigenvalue weighted by Crippen LogP contribution is -2.55. The largest absolute Gasteiger partial charge is 0.433 e. The van der Waals surface area contributed by atoms with E-state index in [1.807, 2.05) is 0 Å². The third kappa shape index (κ3) is 3.11. The molecule has 0 amide bonds. The minimum Gasteiger partial charge on any atom is -0.358 e. The van der Waals surface area contributed by atoms with Gasteiger partial charge < -0.3 is 9.64 Å². The second-order valence-electron chi connectivity index (χ2n) is 5.49. The Morgan fingerprint density at radius 2 is 2.19 bits per heavy atom. The number of alkyl halides is 3. The second kappa shape index (κ2) is 5.42. The van der Waals surface area contributed by atoms with Gasteiger partial charge in [-0.25, -0.2) is 9.97 Å². The van der Waals surface area contributed by atoms with Crippen LogP contribution in [0.25, 0.3) is 0 Å². The Morgan fingerprint density at radius 1 is 1.33 bits per heavy atom. The van der Waals surface area contributed by atoms with Gasteiger partial charge in [0.05, 0.1) is 12.3 Å². The van der Waals surface area contributed by atoms with Crippen molar-refractivity contribution in [1.29, 1.82) is 0 Å². The molecule has 1 aromatic heterocycles. The number of rotatable bonds is 1.